The van der Waals surface area contributed by atoms with E-state index in [4.69, 9.17) is 9.15 Å². The second-order valence-electron chi connectivity index (χ2n) is 6.35. The molecule has 2 aromatic rings. The van der Waals surface area contributed by atoms with Gasteiger partial charge in [0.05, 0.1) is 5.39 Å². The smallest absolute Gasteiger partial charge is 0.374 e. The van der Waals surface area contributed by atoms with Crippen LogP contribution in [-0.4, -0.2) is 24.0 Å². The lowest BCUT2D eigenvalue weighted by Gasteiger charge is -2.20. The summed E-state index contributed by atoms with van der Waals surface area (Å²) in [5.74, 6) is -1.51. The van der Waals surface area contributed by atoms with Gasteiger partial charge in [-0.2, -0.15) is 0 Å². The van der Waals surface area contributed by atoms with Gasteiger partial charge in [0.1, 0.15) is 5.58 Å². The van der Waals surface area contributed by atoms with Gasteiger partial charge in [0, 0.05) is 11.6 Å². The molecule has 1 aromatic heterocycles. The van der Waals surface area contributed by atoms with E-state index in [-0.39, 0.29) is 11.2 Å². The third-order valence-electron chi connectivity index (χ3n) is 2.93. The fourth-order valence-electron chi connectivity index (χ4n) is 2.03. The molecule has 0 spiro atoms. The van der Waals surface area contributed by atoms with Gasteiger partial charge in [-0.3, -0.25) is 9.59 Å². The number of benzene rings is 1. The van der Waals surface area contributed by atoms with Gasteiger partial charge in [0.25, 0.3) is 5.91 Å². The first-order valence-electron chi connectivity index (χ1n) is 7.18. The lowest BCUT2D eigenvalue weighted by molar-refractivity contribution is -0.125. The van der Waals surface area contributed by atoms with Crippen LogP contribution in [0.5, 0.6) is 0 Å². The van der Waals surface area contributed by atoms with Crippen molar-refractivity contribution in [3.8, 4) is 0 Å². The number of ether oxygens (including phenoxy) is 1. The molecule has 0 aliphatic heterocycles. The fraction of sp³-hybridized carbons (Fsp3) is 0.353. The van der Waals surface area contributed by atoms with Crippen LogP contribution in [0.3, 0.4) is 0 Å². The van der Waals surface area contributed by atoms with Crippen LogP contribution in [0.1, 0.15) is 36.9 Å². The molecule has 1 aromatic carbocycles. The van der Waals surface area contributed by atoms with Crippen molar-refractivity contribution in [3.63, 3.8) is 0 Å². The van der Waals surface area contributed by atoms with Crippen molar-refractivity contribution < 1.29 is 18.7 Å². The maximum absolute atomic E-state index is 12.0. The summed E-state index contributed by atoms with van der Waals surface area (Å²) >= 11 is 0. The van der Waals surface area contributed by atoms with Gasteiger partial charge in [0.15, 0.2) is 12.0 Å². The van der Waals surface area contributed by atoms with Gasteiger partial charge < -0.3 is 14.5 Å². The normalized spacial score (nSPS) is 11.3. The second-order valence-corrected chi connectivity index (χ2v) is 6.35. The largest absolute Gasteiger partial charge is 0.450 e. The predicted molar refractivity (Wildman–Crippen MR) is 85.4 cm³/mol. The molecule has 0 radical (unpaired) electrons. The van der Waals surface area contributed by atoms with E-state index in [0.717, 1.165) is 11.6 Å². The van der Waals surface area contributed by atoms with Gasteiger partial charge in [-0.1, -0.05) is 11.6 Å². The summed E-state index contributed by atoms with van der Waals surface area (Å²) in [5.41, 5.74) is 0.464. The third-order valence-corrected chi connectivity index (χ3v) is 2.93. The number of carbonyl (C=O) groups excluding carboxylic acids is 2. The Kier molecular flexibility index (Phi) is 4.54. The van der Waals surface area contributed by atoms with Crippen molar-refractivity contribution in [1.82, 2.24) is 5.32 Å². The molecule has 6 heteroatoms. The van der Waals surface area contributed by atoms with E-state index in [1.807, 2.05) is 27.7 Å². The number of aryl methyl sites for hydroxylation is 1. The fourth-order valence-corrected chi connectivity index (χ4v) is 2.03. The number of carbonyl (C=O) groups is 2. The molecule has 0 bridgehead atoms. The quantitative estimate of drug-likeness (QED) is 0.877. The van der Waals surface area contributed by atoms with E-state index < -0.39 is 24.0 Å². The average Bonchev–Trinajstić information content (AvgIpc) is 2.43. The second kappa shape index (κ2) is 6.24. The van der Waals surface area contributed by atoms with E-state index in [0.29, 0.717) is 11.0 Å². The number of nitrogens with one attached hydrogen (secondary N) is 1. The summed E-state index contributed by atoms with van der Waals surface area (Å²) in [6, 6.07) is 6.16. The Bertz CT molecular complexity index is 814. The number of fused-ring (bicyclic) bond motifs is 1. The first-order chi connectivity index (χ1) is 10.7. The molecule has 0 saturated carbocycles. The zero-order chi connectivity index (χ0) is 17.2. The number of esters is 1. The van der Waals surface area contributed by atoms with Gasteiger partial charge in [-0.25, -0.2) is 4.79 Å². The Morgan fingerprint density at radius 1 is 1.22 bits per heavy atom. The van der Waals surface area contributed by atoms with Crippen molar-refractivity contribution >= 4 is 22.8 Å². The Morgan fingerprint density at radius 2 is 1.91 bits per heavy atom. The standard InChI is InChI=1S/C17H19NO5/c1-10-5-6-13-11(7-10)12(19)8-14(23-13)16(21)22-9-15(20)18-17(2,3)4/h5-8H,9H2,1-4H3,(H,18,20). The van der Waals surface area contributed by atoms with E-state index >= 15 is 0 Å². The molecule has 0 unspecified atom stereocenters. The Balaban J connectivity index is 2.14. The molecule has 1 N–H and O–H groups in total. The molecule has 0 saturated heterocycles. The Morgan fingerprint density at radius 3 is 2.57 bits per heavy atom. The van der Waals surface area contributed by atoms with Crippen molar-refractivity contribution in [2.75, 3.05) is 6.61 Å². The first-order valence-corrected chi connectivity index (χ1v) is 7.18. The number of hydrogen-bond donors (Lipinski definition) is 1. The minimum atomic E-state index is -0.853. The molecule has 0 aliphatic rings. The maximum atomic E-state index is 12.0. The van der Waals surface area contributed by atoms with E-state index in [1.165, 1.54) is 0 Å². The minimum absolute atomic E-state index is 0.227. The summed E-state index contributed by atoms with van der Waals surface area (Å²) in [5, 5.41) is 3.06. The van der Waals surface area contributed by atoms with Crippen LogP contribution < -0.4 is 10.7 Å². The number of rotatable bonds is 3. The highest BCUT2D eigenvalue weighted by atomic mass is 16.5. The topological polar surface area (TPSA) is 85.6 Å². The van der Waals surface area contributed by atoms with Crippen molar-refractivity contribution in [3.05, 3.63) is 45.8 Å². The number of amides is 1. The predicted octanol–water partition coefficient (Wildman–Crippen LogP) is 2.17. The van der Waals surface area contributed by atoms with Crippen LogP contribution in [0.2, 0.25) is 0 Å². The van der Waals surface area contributed by atoms with Gasteiger partial charge >= 0.3 is 5.97 Å². The molecule has 122 valence electrons. The first kappa shape index (κ1) is 16.7. The minimum Gasteiger partial charge on any atom is -0.450 e. The van der Waals surface area contributed by atoms with E-state index in [1.54, 1.807) is 18.2 Å². The van der Waals surface area contributed by atoms with E-state index in [9.17, 15) is 14.4 Å². The summed E-state index contributed by atoms with van der Waals surface area (Å²) < 4.78 is 10.3. The van der Waals surface area contributed by atoms with Crippen LogP contribution >= 0.6 is 0 Å². The molecule has 0 aliphatic carbocycles. The lowest BCUT2D eigenvalue weighted by atomic mass is 10.1. The zero-order valence-electron chi connectivity index (χ0n) is 13.6. The summed E-state index contributed by atoms with van der Waals surface area (Å²) in [6.07, 6.45) is 0. The Hall–Kier alpha value is -2.63. The highest BCUT2D eigenvalue weighted by molar-refractivity contribution is 5.90. The molecule has 0 atom stereocenters. The third kappa shape index (κ3) is 4.42. The molecule has 2 rings (SSSR count). The zero-order valence-corrected chi connectivity index (χ0v) is 13.6. The number of hydrogen-bond acceptors (Lipinski definition) is 5. The lowest BCUT2D eigenvalue weighted by Crippen LogP contribution is -2.42. The average molecular weight is 317 g/mol. The van der Waals surface area contributed by atoms with Gasteiger partial charge in [0.2, 0.25) is 5.76 Å². The van der Waals surface area contributed by atoms with Crippen LogP contribution in [0.4, 0.5) is 0 Å². The summed E-state index contributed by atoms with van der Waals surface area (Å²) in [7, 11) is 0. The molecule has 0 fully saturated rings. The van der Waals surface area contributed by atoms with Crippen LogP contribution in [-0.2, 0) is 9.53 Å². The SMILES string of the molecule is Cc1ccc2oc(C(=O)OCC(=O)NC(C)(C)C)cc(=O)c2c1. The highest BCUT2D eigenvalue weighted by Gasteiger charge is 2.18. The molecule has 1 heterocycles. The van der Waals surface area contributed by atoms with Crippen LogP contribution in [0.15, 0.2) is 33.5 Å². The van der Waals surface area contributed by atoms with Crippen LogP contribution in [0.25, 0.3) is 11.0 Å². The molecular formula is C17H19NO5. The van der Waals surface area contributed by atoms with Crippen LogP contribution in [0, 0.1) is 6.92 Å². The van der Waals surface area contributed by atoms with E-state index in [2.05, 4.69) is 5.32 Å². The Labute approximate surface area is 133 Å². The molecule has 23 heavy (non-hydrogen) atoms. The molecule has 1 amide bonds. The summed E-state index contributed by atoms with van der Waals surface area (Å²) in [6.45, 7) is 6.87. The van der Waals surface area contributed by atoms with Crippen molar-refractivity contribution in [2.24, 2.45) is 0 Å². The van der Waals surface area contributed by atoms with Crippen molar-refractivity contribution in [1.29, 1.82) is 0 Å². The molecule has 6 nitrogen and oxygen atoms in total. The maximum Gasteiger partial charge on any atom is 0.374 e. The monoisotopic (exact) mass is 317 g/mol. The molecular weight excluding hydrogens is 298 g/mol. The van der Waals surface area contributed by atoms with Gasteiger partial charge in [-0.15, -0.1) is 0 Å². The van der Waals surface area contributed by atoms with Gasteiger partial charge in [-0.05, 0) is 39.8 Å². The highest BCUT2D eigenvalue weighted by Crippen LogP contribution is 2.14. The van der Waals surface area contributed by atoms with Crippen molar-refractivity contribution in [2.45, 2.75) is 33.2 Å². The summed E-state index contributed by atoms with van der Waals surface area (Å²) in [4.78, 5) is 35.6.